The van der Waals surface area contributed by atoms with Crippen LogP contribution < -0.4 is 4.74 Å². The van der Waals surface area contributed by atoms with Crippen LogP contribution in [0, 0.1) is 0 Å². The minimum atomic E-state index is -4.73. The van der Waals surface area contributed by atoms with Crippen LogP contribution in [0.15, 0.2) is 24.3 Å². The lowest BCUT2D eigenvalue weighted by Crippen LogP contribution is -2.41. The van der Waals surface area contributed by atoms with E-state index in [0.717, 1.165) is 19.3 Å². The van der Waals surface area contributed by atoms with Gasteiger partial charge >= 0.3 is 6.36 Å². The predicted molar refractivity (Wildman–Crippen MR) is 69.9 cm³/mol. The molecule has 0 heterocycles. The topological polar surface area (TPSA) is 46.5 Å². The lowest BCUT2D eigenvalue weighted by atomic mass is 9.80. The third kappa shape index (κ3) is 4.46. The fourth-order valence-corrected chi connectivity index (χ4v) is 2.57. The molecule has 1 aliphatic carbocycles. The van der Waals surface area contributed by atoms with E-state index in [9.17, 15) is 23.1 Å². The predicted octanol–water partition coefficient (Wildman–Crippen LogP) is 3.39. The number of benzene rings is 1. The van der Waals surface area contributed by atoms with Crippen molar-refractivity contribution in [1.82, 2.24) is 0 Å². The summed E-state index contributed by atoms with van der Waals surface area (Å²) in [5.74, 6) is -0.596. The summed E-state index contributed by atoms with van der Waals surface area (Å²) in [5.41, 5.74) is -0.715. The molecule has 1 aromatic rings. The molecule has 1 N–H and O–H groups in total. The Morgan fingerprint density at radius 3 is 2.24 bits per heavy atom. The van der Waals surface area contributed by atoms with Crippen molar-refractivity contribution in [3.05, 3.63) is 29.8 Å². The summed E-state index contributed by atoms with van der Waals surface area (Å²) in [5, 5.41) is 10.3. The van der Waals surface area contributed by atoms with Crippen LogP contribution >= 0.6 is 0 Å². The standard InChI is InChI=1S/C15H17F3O3/c16-15(17,18)21-12-6-4-11(5-7-12)10-13(19)14(20)8-2-1-3-9-14/h4-7,20H,1-3,8-10H2. The average Bonchev–Trinajstić information content (AvgIpc) is 2.40. The van der Waals surface area contributed by atoms with Gasteiger partial charge in [0, 0.05) is 6.42 Å². The van der Waals surface area contributed by atoms with E-state index in [-0.39, 0.29) is 18.0 Å². The van der Waals surface area contributed by atoms with Gasteiger partial charge < -0.3 is 9.84 Å². The second kappa shape index (κ2) is 6.05. The van der Waals surface area contributed by atoms with E-state index in [1.165, 1.54) is 24.3 Å². The van der Waals surface area contributed by atoms with Gasteiger partial charge in [-0.1, -0.05) is 31.4 Å². The molecule has 21 heavy (non-hydrogen) atoms. The van der Waals surface area contributed by atoms with Crippen LogP contribution in [0.5, 0.6) is 5.75 Å². The Labute approximate surface area is 120 Å². The summed E-state index contributed by atoms with van der Waals surface area (Å²) >= 11 is 0. The Kier molecular flexibility index (Phi) is 4.56. The van der Waals surface area contributed by atoms with Crippen molar-refractivity contribution < 1.29 is 27.8 Å². The van der Waals surface area contributed by atoms with Crippen LogP contribution in [0.3, 0.4) is 0 Å². The number of alkyl halides is 3. The van der Waals surface area contributed by atoms with E-state index in [1.54, 1.807) is 0 Å². The van der Waals surface area contributed by atoms with Gasteiger partial charge in [0.2, 0.25) is 0 Å². The number of ether oxygens (including phenoxy) is 1. The largest absolute Gasteiger partial charge is 0.573 e. The van der Waals surface area contributed by atoms with E-state index in [4.69, 9.17) is 0 Å². The van der Waals surface area contributed by atoms with Crippen molar-refractivity contribution >= 4 is 5.78 Å². The molecule has 1 aliphatic rings. The van der Waals surface area contributed by atoms with Crippen molar-refractivity contribution in [2.45, 2.75) is 50.5 Å². The SMILES string of the molecule is O=C(Cc1ccc(OC(F)(F)F)cc1)C1(O)CCCCC1. The molecule has 0 amide bonds. The molecule has 1 fully saturated rings. The van der Waals surface area contributed by atoms with Gasteiger partial charge in [0.05, 0.1) is 0 Å². The molecule has 1 aromatic carbocycles. The van der Waals surface area contributed by atoms with E-state index >= 15 is 0 Å². The van der Waals surface area contributed by atoms with Crippen LogP contribution in [0.2, 0.25) is 0 Å². The Bertz CT molecular complexity index is 488. The van der Waals surface area contributed by atoms with Gasteiger partial charge in [0.25, 0.3) is 0 Å². The van der Waals surface area contributed by atoms with Crippen molar-refractivity contribution in [2.75, 3.05) is 0 Å². The molecule has 3 nitrogen and oxygen atoms in total. The molecule has 1 saturated carbocycles. The van der Waals surface area contributed by atoms with Crippen LogP contribution in [0.1, 0.15) is 37.7 Å². The summed E-state index contributed by atoms with van der Waals surface area (Å²) in [6.45, 7) is 0. The minimum Gasteiger partial charge on any atom is -0.406 e. The smallest absolute Gasteiger partial charge is 0.406 e. The number of hydrogen-bond donors (Lipinski definition) is 1. The number of aliphatic hydroxyl groups is 1. The van der Waals surface area contributed by atoms with E-state index in [1.807, 2.05) is 0 Å². The maximum absolute atomic E-state index is 12.1. The molecule has 6 heteroatoms. The maximum atomic E-state index is 12.1. The monoisotopic (exact) mass is 302 g/mol. The quantitative estimate of drug-likeness (QED) is 0.927. The number of ketones is 1. The Hall–Kier alpha value is -1.56. The molecule has 0 bridgehead atoms. The molecule has 0 unspecified atom stereocenters. The summed E-state index contributed by atoms with van der Waals surface area (Å²) < 4.78 is 39.9. The highest BCUT2D eigenvalue weighted by Crippen LogP contribution is 2.30. The second-order valence-corrected chi connectivity index (χ2v) is 5.38. The summed E-state index contributed by atoms with van der Waals surface area (Å²) in [4.78, 5) is 12.1. The molecule has 0 radical (unpaired) electrons. The average molecular weight is 302 g/mol. The van der Waals surface area contributed by atoms with Crippen LogP contribution in [0.4, 0.5) is 13.2 Å². The van der Waals surface area contributed by atoms with Crippen molar-refractivity contribution in [3.8, 4) is 5.75 Å². The molecule has 2 rings (SSSR count). The molecule has 0 spiro atoms. The van der Waals surface area contributed by atoms with Crippen LogP contribution in [-0.2, 0) is 11.2 Å². The highest BCUT2D eigenvalue weighted by atomic mass is 19.4. The zero-order valence-electron chi connectivity index (χ0n) is 11.4. The fraction of sp³-hybridized carbons (Fsp3) is 0.533. The van der Waals surface area contributed by atoms with Crippen LogP contribution in [-0.4, -0.2) is 22.9 Å². The van der Waals surface area contributed by atoms with Gasteiger partial charge in [0.1, 0.15) is 11.4 Å². The Morgan fingerprint density at radius 1 is 1.14 bits per heavy atom. The van der Waals surface area contributed by atoms with Crippen molar-refractivity contribution in [2.24, 2.45) is 0 Å². The molecule has 0 aromatic heterocycles. The summed E-state index contributed by atoms with van der Waals surface area (Å²) in [7, 11) is 0. The number of carbonyl (C=O) groups excluding carboxylic acids is 1. The fourth-order valence-electron chi connectivity index (χ4n) is 2.57. The zero-order valence-corrected chi connectivity index (χ0v) is 11.4. The third-order valence-corrected chi connectivity index (χ3v) is 3.72. The van der Waals surface area contributed by atoms with Crippen molar-refractivity contribution in [3.63, 3.8) is 0 Å². The first-order valence-corrected chi connectivity index (χ1v) is 6.89. The molecular weight excluding hydrogens is 285 g/mol. The third-order valence-electron chi connectivity index (χ3n) is 3.72. The van der Waals surface area contributed by atoms with Gasteiger partial charge in [-0.15, -0.1) is 13.2 Å². The highest BCUT2D eigenvalue weighted by Gasteiger charge is 2.36. The van der Waals surface area contributed by atoms with Gasteiger partial charge in [-0.3, -0.25) is 4.79 Å². The lowest BCUT2D eigenvalue weighted by Gasteiger charge is -2.30. The van der Waals surface area contributed by atoms with E-state index in [0.29, 0.717) is 18.4 Å². The van der Waals surface area contributed by atoms with Gasteiger partial charge in [-0.2, -0.15) is 0 Å². The molecule has 0 aliphatic heterocycles. The second-order valence-electron chi connectivity index (χ2n) is 5.38. The van der Waals surface area contributed by atoms with E-state index < -0.39 is 12.0 Å². The number of hydrogen-bond acceptors (Lipinski definition) is 3. The van der Waals surface area contributed by atoms with Crippen molar-refractivity contribution in [1.29, 1.82) is 0 Å². The molecule has 0 atom stereocenters. The van der Waals surface area contributed by atoms with Crippen LogP contribution in [0.25, 0.3) is 0 Å². The number of halogens is 3. The molecule has 0 saturated heterocycles. The summed E-state index contributed by atoms with van der Waals surface area (Å²) in [6.07, 6.45) is -1.14. The van der Waals surface area contributed by atoms with E-state index in [2.05, 4.69) is 4.74 Å². The number of carbonyl (C=O) groups is 1. The normalized spacial score (nSPS) is 18.3. The van der Waals surface area contributed by atoms with Gasteiger partial charge in [-0.05, 0) is 30.5 Å². The number of rotatable bonds is 4. The molecular formula is C15H17F3O3. The number of Topliss-reactive ketones (excluding diaryl/α,β-unsaturated/α-hetero) is 1. The highest BCUT2D eigenvalue weighted by molar-refractivity contribution is 5.89. The van der Waals surface area contributed by atoms with Gasteiger partial charge in [0.15, 0.2) is 5.78 Å². The Balaban J connectivity index is 1.98. The zero-order chi connectivity index (χ0) is 15.5. The van der Waals surface area contributed by atoms with Gasteiger partial charge in [-0.25, -0.2) is 0 Å². The first-order valence-electron chi connectivity index (χ1n) is 6.89. The first-order chi connectivity index (χ1) is 9.78. The minimum absolute atomic E-state index is 0.0167. The first kappa shape index (κ1) is 15.8. The maximum Gasteiger partial charge on any atom is 0.573 e. The Morgan fingerprint density at radius 2 is 1.71 bits per heavy atom. The summed E-state index contributed by atoms with van der Waals surface area (Å²) in [6, 6.07) is 5.15. The lowest BCUT2D eigenvalue weighted by molar-refractivity contribution is -0.274. The molecule has 116 valence electrons.